The number of benzene rings is 1. The summed E-state index contributed by atoms with van der Waals surface area (Å²) < 4.78 is 0. The summed E-state index contributed by atoms with van der Waals surface area (Å²) >= 11 is 12.0. The first-order chi connectivity index (χ1) is 10.5. The second-order valence-corrected chi connectivity index (χ2v) is 6.12. The van der Waals surface area contributed by atoms with Gasteiger partial charge < -0.3 is 9.88 Å². The number of aromatic nitrogens is 1. The fourth-order valence-electron chi connectivity index (χ4n) is 2.81. The maximum Gasteiger partial charge on any atom is 0.267 e. The van der Waals surface area contributed by atoms with Crippen molar-refractivity contribution in [3.63, 3.8) is 0 Å². The zero-order valence-electron chi connectivity index (χ0n) is 11.9. The highest BCUT2D eigenvalue weighted by molar-refractivity contribution is 6.36. The molecule has 1 aromatic carbocycles. The summed E-state index contributed by atoms with van der Waals surface area (Å²) in [6, 6.07) is 7.98. The second kappa shape index (κ2) is 5.78. The lowest BCUT2D eigenvalue weighted by Crippen LogP contribution is -2.30. The monoisotopic (exact) mass is 336 g/mol. The van der Waals surface area contributed by atoms with E-state index in [1.165, 1.54) is 6.20 Å². The number of carbonyl (C=O) groups is 1. The molecule has 1 aromatic heterocycles. The first kappa shape index (κ1) is 15.1. The lowest BCUT2D eigenvalue weighted by Gasteiger charge is -2.22. The summed E-state index contributed by atoms with van der Waals surface area (Å²) in [5.74, 6) is -0.0990. The van der Waals surface area contributed by atoms with Crippen LogP contribution in [-0.2, 0) is 17.8 Å². The molecule has 3 rings (SSSR count). The molecular weight excluding hydrogens is 323 g/mol. The number of carbonyl (C=O) groups excluding carboxylic acids is 1. The van der Waals surface area contributed by atoms with Crippen LogP contribution in [0.15, 0.2) is 35.3 Å². The number of fused-ring (bicyclic) bond motifs is 1. The number of halogens is 2. The van der Waals surface area contributed by atoms with Crippen LogP contribution in [0.1, 0.15) is 29.7 Å². The lowest BCUT2D eigenvalue weighted by molar-refractivity contribution is -0.132. The van der Waals surface area contributed by atoms with Gasteiger partial charge in [-0.1, -0.05) is 47.5 Å². The quantitative estimate of drug-likeness (QED) is 0.914. The van der Waals surface area contributed by atoms with Crippen LogP contribution in [-0.4, -0.2) is 15.8 Å². The Balaban J connectivity index is 1.86. The predicted octanol–water partition coefficient (Wildman–Crippen LogP) is 3.33. The average molecular weight is 337 g/mol. The van der Waals surface area contributed by atoms with Gasteiger partial charge in [0.2, 0.25) is 5.91 Å². The fourth-order valence-corrected chi connectivity index (χ4v) is 3.30. The third-order valence-corrected chi connectivity index (χ3v) is 4.78. The molecule has 1 N–H and O–H groups in total. The summed E-state index contributed by atoms with van der Waals surface area (Å²) in [6.07, 6.45) is 1.38. The molecule has 0 unspecified atom stereocenters. The molecule has 0 saturated heterocycles. The van der Waals surface area contributed by atoms with Crippen molar-refractivity contribution in [3.8, 4) is 0 Å². The number of hydrogen-bond acceptors (Lipinski definition) is 2. The van der Waals surface area contributed by atoms with Gasteiger partial charge in [0.05, 0.1) is 17.5 Å². The third-order valence-electron chi connectivity index (χ3n) is 4.04. The summed E-state index contributed by atoms with van der Waals surface area (Å²) in [7, 11) is 0. The van der Waals surface area contributed by atoms with E-state index in [0.717, 1.165) is 11.1 Å². The largest absolute Gasteiger partial charge is 0.331 e. The Hall–Kier alpha value is -1.78. The second-order valence-electron chi connectivity index (χ2n) is 5.33. The van der Waals surface area contributed by atoms with Crippen LogP contribution in [0.25, 0.3) is 0 Å². The Kier molecular flexibility index (Phi) is 3.98. The Labute approximate surface area is 137 Å². The number of rotatable bonds is 2. The third kappa shape index (κ3) is 2.53. The van der Waals surface area contributed by atoms with Gasteiger partial charge in [-0.25, -0.2) is 0 Å². The van der Waals surface area contributed by atoms with E-state index in [-0.39, 0.29) is 23.4 Å². The lowest BCUT2D eigenvalue weighted by atomic mass is 10.1. The van der Waals surface area contributed by atoms with Crippen molar-refractivity contribution in [2.24, 2.45) is 0 Å². The zero-order chi connectivity index (χ0) is 15.9. The number of H-pyrrole nitrogens is 1. The molecule has 114 valence electrons. The van der Waals surface area contributed by atoms with E-state index in [1.807, 2.05) is 31.2 Å². The van der Waals surface area contributed by atoms with Crippen LogP contribution in [0.4, 0.5) is 0 Å². The van der Waals surface area contributed by atoms with Gasteiger partial charge in [0.25, 0.3) is 5.56 Å². The maximum absolute atomic E-state index is 12.6. The van der Waals surface area contributed by atoms with Gasteiger partial charge in [-0.05, 0) is 18.1 Å². The zero-order valence-corrected chi connectivity index (χ0v) is 13.4. The minimum absolute atomic E-state index is 0.00301. The van der Waals surface area contributed by atoms with E-state index < -0.39 is 5.56 Å². The van der Waals surface area contributed by atoms with E-state index in [0.29, 0.717) is 17.1 Å². The molecule has 2 aromatic rings. The van der Waals surface area contributed by atoms with Gasteiger partial charge in [-0.3, -0.25) is 9.59 Å². The number of nitrogens with zero attached hydrogens (tertiary/aromatic N) is 1. The van der Waals surface area contributed by atoms with Crippen LogP contribution in [0.5, 0.6) is 0 Å². The van der Waals surface area contributed by atoms with Gasteiger partial charge in [0.15, 0.2) is 0 Å². The van der Waals surface area contributed by atoms with E-state index in [4.69, 9.17) is 23.2 Å². The summed E-state index contributed by atoms with van der Waals surface area (Å²) in [5.41, 5.74) is 2.23. The Morgan fingerprint density at radius 3 is 2.82 bits per heavy atom. The van der Waals surface area contributed by atoms with E-state index in [9.17, 15) is 9.59 Å². The molecule has 0 aliphatic carbocycles. The standard InChI is InChI=1S/C16H14Cl2N2O2/c1-9-11-5-3-2-4-10(11)8-20(9)14(21)6-12-13(17)7-19-16(22)15(12)18/h2-5,7,9H,6,8H2,1H3,(H,19,22)/t9-/m0/s1. The minimum Gasteiger partial charge on any atom is -0.331 e. The van der Waals surface area contributed by atoms with Gasteiger partial charge in [-0.2, -0.15) is 0 Å². The fraction of sp³-hybridized carbons (Fsp3) is 0.250. The number of pyridine rings is 1. The first-order valence-corrected chi connectivity index (χ1v) is 7.67. The van der Waals surface area contributed by atoms with Crippen LogP contribution in [0, 0.1) is 0 Å². The Morgan fingerprint density at radius 2 is 2.09 bits per heavy atom. The molecule has 0 spiro atoms. The molecule has 0 fully saturated rings. The highest BCUT2D eigenvalue weighted by Crippen LogP contribution is 2.34. The normalized spacial score (nSPS) is 16.7. The molecule has 6 heteroatoms. The van der Waals surface area contributed by atoms with Crippen molar-refractivity contribution in [1.82, 2.24) is 9.88 Å². The molecular formula is C16H14Cl2N2O2. The van der Waals surface area contributed by atoms with Crippen LogP contribution in [0.3, 0.4) is 0 Å². The Bertz CT molecular complexity index is 801. The van der Waals surface area contributed by atoms with Crippen molar-refractivity contribution < 1.29 is 4.79 Å². The molecule has 22 heavy (non-hydrogen) atoms. The first-order valence-electron chi connectivity index (χ1n) is 6.92. The summed E-state index contributed by atoms with van der Waals surface area (Å²) in [5, 5.41) is 0.271. The van der Waals surface area contributed by atoms with Gasteiger partial charge in [0.1, 0.15) is 5.02 Å². The summed E-state index contributed by atoms with van der Waals surface area (Å²) in [6.45, 7) is 2.55. The maximum atomic E-state index is 12.6. The van der Waals surface area contributed by atoms with Gasteiger partial charge in [0, 0.05) is 18.3 Å². The molecule has 0 radical (unpaired) electrons. The molecule has 1 atom stereocenters. The van der Waals surface area contributed by atoms with Gasteiger partial charge in [-0.15, -0.1) is 0 Å². The molecule has 1 aliphatic heterocycles. The van der Waals surface area contributed by atoms with Crippen LogP contribution >= 0.6 is 23.2 Å². The smallest absolute Gasteiger partial charge is 0.267 e. The topological polar surface area (TPSA) is 53.2 Å². The molecule has 2 heterocycles. The molecule has 1 amide bonds. The number of aromatic amines is 1. The van der Waals surface area contributed by atoms with E-state index >= 15 is 0 Å². The molecule has 0 saturated carbocycles. The van der Waals surface area contributed by atoms with Crippen LogP contribution < -0.4 is 5.56 Å². The predicted molar refractivity (Wildman–Crippen MR) is 86.2 cm³/mol. The number of nitrogens with one attached hydrogen (secondary N) is 1. The average Bonchev–Trinajstić information content (AvgIpc) is 2.85. The SMILES string of the molecule is C[C@H]1c2ccccc2CN1C(=O)Cc1c(Cl)c[nH]c(=O)c1Cl. The van der Waals surface area contributed by atoms with Crippen molar-refractivity contribution in [1.29, 1.82) is 0 Å². The van der Waals surface area contributed by atoms with Crippen LogP contribution in [0.2, 0.25) is 10.0 Å². The molecule has 4 nitrogen and oxygen atoms in total. The van der Waals surface area contributed by atoms with Crippen molar-refractivity contribution in [2.45, 2.75) is 25.9 Å². The van der Waals surface area contributed by atoms with Crippen molar-refractivity contribution in [3.05, 3.63) is 67.6 Å². The highest BCUT2D eigenvalue weighted by Gasteiger charge is 2.30. The highest BCUT2D eigenvalue weighted by atomic mass is 35.5. The molecule has 0 bridgehead atoms. The Morgan fingerprint density at radius 1 is 1.36 bits per heavy atom. The molecule has 1 aliphatic rings. The van der Waals surface area contributed by atoms with Crippen molar-refractivity contribution in [2.75, 3.05) is 0 Å². The van der Waals surface area contributed by atoms with Gasteiger partial charge >= 0.3 is 0 Å². The number of amides is 1. The van der Waals surface area contributed by atoms with E-state index in [2.05, 4.69) is 4.98 Å². The van der Waals surface area contributed by atoms with E-state index in [1.54, 1.807) is 4.90 Å². The minimum atomic E-state index is -0.438. The number of hydrogen-bond donors (Lipinski definition) is 1. The summed E-state index contributed by atoms with van der Waals surface area (Å²) in [4.78, 5) is 28.4. The van der Waals surface area contributed by atoms with Crippen molar-refractivity contribution >= 4 is 29.1 Å².